The van der Waals surface area contributed by atoms with E-state index in [1.54, 1.807) is 60.7 Å². The molecule has 8 nitrogen and oxygen atoms in total. The first-order chi connectivity index (χ1) is 18.9. The average Bonchev–Trinajstić information content (AvgIpc) is 2.96. The minimum absolute atomic E-state index is 0.0121. The Balaban J connectivity index is 1.14. The maximum atomic E-state index is 12.4. The third kappa shape index (κ3) is 8.48. The highest BCUT2D eigenvalue weighted by atomic mass is 35.5. The normalized spacial score (nSPS) is 16.6. The van der Waals surface area contributed by atoms with Gasteiger partial charge in [0.25, 0.3) is 11.8 Å². The molecule has 0 saturated heterocycles. The smallest absolute Gasteiger partial charge is 0.306 e. The Hall–Kier alpha value is -4.04. The molecule has 0 bridgehead atoms. The van der Waals surface area contributed by atoms with E-state index in [1.807, 2.05) is 12.1 Å². The molecule has 0 atom stereocenters. The zero-order valence-electron chi connectivity index (χ0n) is 21.4. The number of ether oxygens (including phenoxy) is 2. The van der Waals surface area contributed by atoms with Crippen LogP contribution in [0.2, 0.25) is 5.02 Å². The lowest BCUT2D eigenvalue weighted by Gasteiger charge is -2.26. The molecule has 3 N–H and O–H groups in total. The zero-order chi connectivity index (χ0) is 27.6. The number of nitrogens with one attached hydrogen (secondary N) is 2. The second kappa shape index (κ2) is 13.7. The van der Waals surface area contributed by atoms with Gasteiger partial charge in [-0.05, 0) is 91.9 Å². The standard InChI is InChI=1S/C30H31ClN2O6/c31-24-9-1-20(2-10-24)19-38-25-11-3-21(4-12-25)28(34)32-17-18-33-29(35)22-5-13-26(14-6-22)39-27-15-7-23(8-16-27)30(36)37/h1-6,9-14,23,27H,7-8,15-19H2,(H,32,34)(H,33,35)(H,36,37)/t23-,27+. The van der Waals surface area contributed by atoms with Gasteiger partial charge in [-0.1, -0.05) is 23.7 Å². The first-order valence-corrected chi connectivity index (χ1v) is 13.3. The summed E-state index contributed by atoms with van der Waals surface area (Å²) in [7, 11) is 0. The van der Waals surface area contributed by atoms with Crippen molar-refractivity contribution in [2.45, 2.75) is 38.4 Å². The van der Waals surface area contributed by atoms with Gasteiger partial charge in [0, 0.05) is 29.2 Å². The molecule has 0 radical (unpaired) electrons. The SMILES string of the molecule is O=C(NCCNC(=O)c1ccc(O[C@H]2CC[C@@H](C(=O)O)CC2)cc1)c1ccc(OCc2ccc(Cl)cc2)cc1. The molecular weight excluding hydrogens is 520 g/mol. The van der Waals surface area contributed by atoms with Crippen LogP contribution in [0.3, 0.4) is 0 Å². The van der Waals surface area contributed by atoms with Crippen molar-refractivity contribution in [3.05, 3.63) is 94.5 Å². The molecule has 0 heterocycles. The number of hydrogen-bond donors (Lipinski definition) is 3. The first kappa shape index (κ1) is 28.0. The molecule has 204 valence electrons. The Morgan fingerprint density at radius 2 is 1.26 bits per heavy atom. The molecule has 0 unspecified atom stereocenters. The molecular formula is C30H31ClN2O6. The zero-order valence-corrected chi connectivity index (χ0v) is 22.2. The van der Waals surface area contributed by atoms with Gasteiger partial charge in [0.05, 0.1) is 12.0 Å². The molecule has 9 heteroatoms. The summed E-state index contributed by atoms with van der Waals surface area (Å²) in [6, 6.07) is 21.1. The Morgan fingerprint density at radius 3 is 1.77 bits per heavy atom. The number of carbonyl (C=O) groups excluding carboxylic acids is 2. The summed E-state index contributed by atoms with van der Waals surface area (Å²) < 4.78 is 11.7. The van der Waals surface area contributed by atoms with Crippen LogP contribution in [0.25, 0.3) is 0 Å². The van der Waals surface area contributed by atoms with Crippen LogP contribution in [0.1, 0.15) is 52.0 Å². The molecule has 39 heavy (non-hydrogen) atoms. The predicted octanol–water partition coefficient (Wildman–Crippen LogP) is 5.10. The fourth-order valence-corrected chi connectivity index (χ4v) is 4.44. The molecule has 1 aliphatic carbocycles. The van der Waals surface area contributed by atoms with Crippen LogP contribution in [-0.2, 0) is 11.4 Å². The third-order valence-corrected chi connectivity index (χ3v) is 6.83. The van der Waals surface area contributed by atoms with E-state index in [9.17, 15) is 14.4 Å². The summed E-state index contributed by atoms with van der Waals surface area (Å²) in [6.45, 7) is 0.950. The largest absolute Gasteiger partial charge is 0.490 e. The summed E-state index contributed by atoms with van der Waals surface area (Å²) in [5, 5.41) is 15.4. The molecule has 4 rings (SSSR count). The lowest BCUT2D eigenvalue weighted by Crippen LogP contribution is -2.34. The van der Waals surface area contributed by atoms with Crippen LogP contribution in [0.15, 0.2) is 72.8 Å². The van der Waals surface area contributed by atoms with Crippen molar-refractivity contribution < 1.29 is 29.0 Å². The topological polar surface area (TPSA) is 114 Å². The van der Waals surface area contributed by atoms with E-state index < -0.39 is 5.97 Å². The van der Waals surface area contributed by atoms with Crippen LogP contribution in [0.5, 0.6) is 11.5 Å². The summed E-state index contributed by atoms with van der Waals surface area (Å²) in [6.07, 6.45) is 2.62. The predicted molar refractivity (Wildman–Crippen MR) is 147 cm³/mol. The molecule has 2 amide bonds. The molecule has 3 aromatic rings. The molecule has 1 aliphatic rings. The highest BCUT2D eigenvalue weighted by molar-refractivity contribution is 6.30. The second-order valence-corrected chi connectivity index (χ2v) is 9.84. The molecule has 3 aromatic carbocycles. The van der Waals surface area contributed by atoms with Crippen molar-refractivity contribution in [3.63, 3.8) is 0 Å². The monoisotopic (exact) mass is 550 g/mol. The first-order valence-electron chi connectivity index (χ1n) is 12.9. The van der Waals surface area contributed by atoms with Gasteiger partial charge in [0.1, 0.15) is 18.1 Å². The van der Waals surface area contributed by atoms with Crippen molar-refractivity contribution in [3.8, 4) is 11.5 Å². The third-order valence-electron chi connectivity index (χ3n) is 6.57. The van der Waals surface area contributed by atoms with Crippen LogP contribution in [0, 0.1) is 5.92 Å². The van der Waals surface area contributed by atoms with Crippen LogP contribution >= 0.6 is 11.6 Å². The van der Waals surface area contributed by atoms with E-state index >= 15 is 0 Å². The number of aliphatic carboxylic acids is 1. The van der Waals surface area contributed by atoms with Crippen molar-refractivity contribution in [2.24, 2.45) is 5.92 Å². The maximum Gasteiger partial charge on any atom is 0.306 e. The number of halogens is 1. The maximum absolute atomic E-state index is 12.4. The van der Waals surface area contributed by atoms with Crippen LogP contribution < -0.4 is 20.1 Å². The minimum Gasteiger partial charge on any atom is -0.490 e. The van der Waals surface area contributed by atoms with Gasteiger partial charge in [-0.25, -0.2) is 0 Å². The molecule has 1 saturated carbocycles. The fraction of sp³-hybridized carbons (Fsp3) is 0.300. The number of rotatable bonds is 11. The lowest BCUT2D eigenvalue weighted by atomic mass is 9.87. The van der Waals surface area contributed by atoms with Gasteiger partial charge >= 0.3 is 5.97 Å². The Labute approximate surface area is 232 Å². The van der Waals surface area contributed by atoms with E-state index in [0.717, 1.165) is 5.56 Å². The highest BCUT2D eigenvalue weighted by Gasteiger charge is 2.26. The van der Waals surface area contributed by atoms with Gasteiger partial charge in [-0.15, -0.1) is 0 Å². The summed E-state index contributed by atoms with van der Waals surface area (Å²) >= 11 is 5.89. The van der Waals surface area contributed by atoms with Gasteiger partial charge in [0.2, 0.25) is 0 Å². The van der Waals surface area contributed by atoms with Gasteiger partial charge in [-0.3, -0.25) is 14.4 Å². The Morgan fingerprint density at radius 1 is 0.744 bits per heavy atom. The Kier molecular flexibility index (Phi) is 9.80. The Bertz CT molecular complexity index is 1250. The summed E-state index contributed by atoms with van der Waals surface area (Å²) in [5.74, 6) is -0.219. The molecule has 0 aliphatic heterocycles. The van der Waals surface area contributed by atoms with Gasteiger partial charge in [0.15, 0.2) is 0 Å². The van der Waals surface area contributed by atoms with Crippen molar-refractivity contribution in [2.75, 3.05) is 13.1 Å². The highest BCUT2D eigenvalue weighted by Crippen LogP contribution is 2.28. The van der Waals surface area contributed by atoms with Gasteiger partial charge in [-0.2, -0.15) is 0 Å². The number of carboxylic acids is 1. The summed E-state index contributed by atoms with van der Waals surface area (Å²) in [4.78, 5) is 35.9. The average molecular weight is 551 g/mol. The van der Waals surface area contributed by atoms with Crippen molar-refractivity contribution >= 4 is 29.4 Å². The van der Waals surface area contributed by atoms with Crippen LogP contribution in [-0.4, -0.2) is 42.1 Å². The van der Waals surface area contributed by atoms with Crippen molar-refractivity contribution in [1.82, 2.24) is 10.6 Å². The lowest BCUT2D eigenvalue weighted by molar-refractivity contribution is -0.143. The number of carbonyl (C=O) groups is 3. The molecule has 0 aromatic heterocycles. The van der Waals surface area contributed by atoms with E-state index in [1.165, 1.54) is 0 Å². The van der Waals surface area contributed by atoms with Crippen LogP contribution in [0.4, 0.5) is 0 Å². The number of benzene rings is 3. The number of amides is 2. The quantitative estimate of drug-likeness (QED) is 0.286. The minimum atomic E-state index is -0.741. The van der Waals surface area contributed by atoms with E-state index in [0.29, 0.717) is 59.9 Å². The van der Waals surface area contributed by atoms with Gasteiger partial charge < -0.3 is 25.2 Å². The second-order valence-electron chi connectivity index (χ2n) is 9.41. The fourth-order valence-electron chi connectivity index (χ4n) is 4.31. The van der Waals surface area contributed by atoms with E-state index in [-0.39, 0.29) is 36.9 Å². The molecule has 1 fully saturated rings. The number of carboxylic acid groups (broad SMARTS) is 1. The molecule has 0 spiro atoms. The van der Waals surface area contributed by atoms with E-state index in [2.05, 4.69) is 10.6 Å². The van der Waals surface area contributed by atoms with Crippen molar-refractivity contribution in [1.29, 1.82) is 0 Å². The van der Waals surface area contributed by atoms with E-state index in [4.69, 9.17) is 26.2 Å². The number of hydrogen-bond acceptors (Lipinski definition) is 5. The summed E-state index contributed by atoms with van der Waals surface area (Å²) in [5.41, 5.74) is 1.97.